The summed E-state index contributed by atoms with van der Waals surface area (Å²) in [6.07, 6.45) is 0.679. The molecule has 1 aliphatic rings. The second-order valence-electron chi connectivity index (χ2n) is 3.66. The average Bonchev–Trinajstić information content (AvgIpc) is 2.70. The van der Waals surface area contributed by atoms with Crippen LogP contribution in [0, 0.1) is 5.92 Å². The van der Waals surface area contributed by atoms with Crippen LogP contribution < -0.4 is 0 Å². The fourth-order valence-corrected chi connectivity index (χ4v) is 1.61. The minimum absolute atomic E-state index is 0.170. The highest BCUT2D eigenvalue weighted by molar-refractivity contribution is 5.97. The van der Waals surface area contributed by atoms with Crippen LogP contribution in [-0.4, -0.2) is 37.9 Å². The van der Waals surface area contributed by atoms with Crippen molar-refractivity contribution < 1.29 is 23.8 Å². The highest BCUT2D eigenvalue weighted by Gasteiger charge is 2.27. The van der Waals surface area contributed by atoms with Crippen LogP contribution in [0.3, 0.4) is 0 Å². The third-order valence-corrected chi connectivity index (χ3v) is 2.44. The van der Waals surface area contributed by atoms with Crippen LogP contribution in [0.2, 0.25) is 0 Å². The van der Waals surface area contributed by atoms with E-state index in [1.807, 2.05) is 0 Å². The Kier molecular flexibility index (Phi) is 5.42. The first-order valence-electron chi connectivity index (χ1n) is 5.55. The Morgan fingerprint density at radius 3 is 2.50 bits per heavy atom. The zero-order valence-corrected chi connectivity index (χ0v) is 9.73. The smallest absolute Gasteiger partial charge is 0.316 e. The molecule has 0 aliphatic carbocycles. The first kappa shape index (κ1) is 13.1. The number of ketones is 1. The number of hydrogen-bond acceptors (Lipinski definition) is 5. The normalized spacial score (nSPS) is 18.4. The molecule has 1 aliphatic heterocycles. The molecule has 0 amide bonds. The number of rotatable bonds is 6. The fraction of sp³-hybridized carbons (Fsp3) is 0.818. The molecule has 0 bridgehead atoms. The van der Waals surface area contributed by atoms with Crippen molar-refractivity contribution in [3.05, 3.63) is 0 Å². The lowest BCUT2D eigenvalue weighted by Crippen LogP contribution is -2.26. The zero-order chi connectivity index (χ0) is 12.0. The monoisotopic (exact) mass is 230 g/mol. The van der Waals surface area contributed by atoms with Crippen molar-refractivity contribution in [2.24, 2.45) is 5.92 Å². The summed E-state index contributed by atoms with van der Waals surface area (Å²) in [5.74, 6) is -1.31. The molecule has 16 heavy (non-hydrogen) atoms. The lowest BCUT2D eigenvalue weighted by atomic mass is 9.99. The summed E-state index contributed by atoms with van der Waals surface area (Å²) in [7, 11) is 0. The van der Waals surface area contributed by atoms with E-state index in [0.717, 1.165) is 0 Å². The van der Waals surface area contributed by atoms with Gasteiger partial charge in [-0.3, -0.25) is 9.59 Å². The lowest BCUT2D eigenvalue weighted by Gasteiger charge is -2.14. The van der Waals surface area contributed by atoms with Gasteiger partial charge in [0.25, 0.3) is 0 Å². The fourth-order valence-electron chi connectivity index (χ4n) is 1.61. The summed E-state index contributed by atoms with van der Waals surface area (Å²) in [4.78, 5) is 22.7. The molecule has 0 spiro atoms. The maximum atomic E-state index is 11.5. The van der Waals surface area contributed by atoms with Gasteiger partial charge in [-0.25, -0.2) is 0 Å². The molecule has 0 saturated carbocycles. The van der Waals surface area contributed by atoms with Gasteiger partial charge in [-0.2, -0.15) is 0 Å². The van der Waals surface area contributed by atoms with Gasteiger partial charge in [-0.15, -0.1) is 0 Å². The second-order valence-corrected chi connectivity index (χ2v) is 3.66. The van der Waals surface area contributed by atoms with E-state index in [1.165, 1.54) is 6.92 Å². The Bertz CT molecular complexity index is 245. The number of Topliss-reactive ketones (excluding diaryl/α,β-unsaturated/α-hetero) is 1. The molecule has 5 heteroatoms. The summed E-state index contributed by atoms with van der Waals surface area (Å²) >= 11 is 0. The van der Waals surface area contributed by atoms with Gasteiger partial charge < -0.3 is 14.2 Å². The van der Waals surface area contributed by atoms with E-state index in [4.69, 9.17) is 14.2 Å². The van der Waals surface area contributed by atoms with Crippen molar-refractivity contribution in [3.8, 4) is 0 Å². The number of hydrogen-bond donors (Lipinski definition) is 0. The first-order valence-corrected chi connectivity index (χ1v) is 5.55. The number of carbonyl (C=O) groups excluding carboxylic acids is 2. The van der Waals surface area contributed by atoms with E-state index in [0.29, 0.717) is 32.7 Å². The van der Waals surface area contributed by atoms with Crippen LogP contribution in [0.4, 0.5) is 0 Å². The van der Waals surface area contributed by atoms with Crippen LogP contribution in [0.5, 0.6) is 0 Å². The molecule has 0 aromatic rings. The molecule has 5 nitrogen and oxygen atoms in total. The predicted molar refractivity (Wildman–Crippen MR) is 55.7 cm³/mol. The van der Waals surface area contributed by atoms with Gasteiger partial charge >= 0.3 is 5.97 Å². The van der Waals surface area contributed by atoms with Gasteiger partial charge in [-0.1, -0.05) is 0 Å². The quantitative estimate of drug-likeness (QED) is 0.501. The molecule has 0 N–H and O–H groups in total. The molecule has 1 atom stereocenters. The van der Waals surface area contributed by atoms with Gasteiger partial charge in [0, 0.05) is 0 Å². The molecule has 1 saturated heterocycles. The first-order chi connectivity index (χ1) is 7.65. The van der Waals surface area contributed by atoms with Crippen molar-refractivity contribution in [3.63, 3.8) is 0 Å². The minimum Gasteiger partial charge on any atom is -0.465 e. The number of esters is 1. The number of carbonyl (C=O) groups is 2. The molecule has 0 radical (unpaired) electrons. The summed E-state index contributed by atoms with van der Waals surface area (Å²) in [6.45, 7) is 4.57. The maximum Gasteiger partial charge on any atom is 0.316 e. The van der Waals surface area contributed by atoms with Crippen LogP contribution in [0.25, 0.3) is 0 Å². The highest BCUT2D eigenvalue weighted by atomic mass is 16.7. The average molecular weight is 230 g/mol. The molecule has 0 aromatic heterocycles. The van der Waals surface area contributed by atoms with Crippen molar-refractivity contribution in [1.82, 2.24) is 0 Å². The molecule has 92 valence electrons. The Morgan fingerprint density at radius 2 is 2.00 bits per heavy atom. The van der Waals surface area contributed by atoms with Crippen molar-refractivity contribution in [2.45, 2.75) is 33.0 Å². The minimum atomic E-state index is -0.687. The Balaban J connectivity index is 2.38. The van der Waals surface area contributed by atoms with Crippen LogP contribution in [-0.2, 0) is 23.8 Å². The van der Waals surface area contributed by atoms with Crippen LogP contribution in [0.1, 0.15) is 26.7 Å². The molecular formula is C11H18O5. The third kappa shape index (κ3) is 3.90. The van der Waals surface area contributed by atoms with Crippen molar-refractivity contribution in [1.29, 1.82) is 0 Å². The van der Waals surface area contributed by atoms with E-state index < -0.39 is 11.9 Å². The molecule has 1 fully saturated rings. The van der Waals surface area contributed by atoms with E-state index in [9.17, 15) is 9.59 Å². The van der Waals surface area contributed by atoms with Gasteiger partial charge in [0.15, 0.2) is 6.29 Å². The molecular weight excluding hydrogens is 212 g/mol. The molecule has 1 rings (SSSR count). The molecule has 0 unspecified atom stereocenters. The standard InChI is InChI=1S/C11H18O5/c1-3-14-11(13)9(8(2)12)4-5-10-15-6-7-16-10/h9-10H,3-7H2,1-2H3/t9-/m1/s1. The third-order valence-electron chi connectivity index (χ3n) is 2.44. The Labute approximate surface area is 95.0 Å². The van der Waals surface area contributed by atoms with Crippen molar-refractivity contribution in [2.75, 3.05) is 19.8 Å². The summed E-state index contributed by atoms with van der Waals surface area (Å²) in [5, 5.41) is 0. The van der Waals surface area contributed by atoms with E-state index in [2.05, 4.69) is 0 Å². The van der Waals surface area contributed by atoms with E-state index in [-0.39, 0.29) is 12.1 Å². The maximum absolute atomic E-state index is 11.5. The van der Waals surface area contributed by atoms with E-state index in [1.54, 1.807) is 6.92 Å². The number of ether oxygens (including phenoxy) is 3. The zero-order valence-electron chi connectivity index (χ0n) is 9.73. The second kappa shape index (κ2) is 6.60. The van der Waals surface area contributed by atoms with E-state index >= 15 is 0 Å². The summed E-state index contributed by atoms with van der Waals surface area (Å²) in [6, 6.07) is 0. The van der Waals surface area contributed by atoms with Crippen LogP contribution >= 0.6 is 0 Å². The van der Waals surface area contributed by atoms with Gasteiger partial charge in [0.1, 0.15) is 11.7 Å². The van der Waals surface area contributed by atoms with Crippen molar-refractivity contribution >= 4 is 11.8 Å². The Morgan fingerprint density at radius 1 is 1.38 bits per heavy atom. The molecule has 0 aromatic carbocycles. The SMILES string of the molecule is CCOC(=O)[C@H](CCC1OCCO1)C(C)=O. The predicted octanol–water partition coefficient (Wildman–Crippen LogP) is 0.908. The largest absolute Gasteiger partial charge is 0.465 e. The summed E-state index contributed by atoms with van der Waals surface area (Å²) < 4.78 is 15.3. The topological polar surface area (TPSA) is 61.8 Å². The highest BCUT2D eigenvalue weighted by Crippen LogP contribution is 2.17. The van der Waals surface area contributed by atoms with Gasteiger partial charge in [-0.05, 0) is 26.7 Å². The van der Waals surface area contributed by atoms with Crippen LogP contribution in [0.15, 0.2) is 0 Å². The van der Waals surface area contributed by atoms with Gasteiger partial charge in [0.2, 0.25) is 0 Å². The lowest BCUT2D eigenvalue weighted by molar-refractivity contribution is -0.152. The summed E-state index contributed by atoms with van der Waals surface area (Å²) in [5.41, 5.74) is 0. The molecule has 1 heterocycles. The Hall–Kier alpha value is -0.940. The van der Waals surface area contributed by atoms with Gasteiger partial charge in [0.05, 0.1) is 19.8 Å².